The van der Waals surface area contributed by atoms with Gasteiger partial charge in [-0.05, 0) is 68.6 Å². The van der Waals surface area contributed by atoms with E-state index in [-0.39, 0.29) is 23.1 Å². The van der Waals surface area contributed by atoms with Crippen molar-refractivity contribution in [3.63, 3.8) is 0 Å². The summed E-state index contributed by atoms with van der Waals surface area (Å²) < 4.78 is 33.9. The molecule has 0 spiro atoms. The number of primary sulfonamides is 1. The molecular formula is C24H31N3O6S. The Balaban J connectivity index is 1.52. The van der Waals surface area contributed by atoms with Crippen LogP contribution in [0.25, 0.3) is 0 Å². The van der Waals surface area contributed by atoms with Gasteiger partial charge in [0.25, 0.3) is 0 Å². The number of likely N-dealkylation sites (tertiary alicyclic amines) is 1. The number of nitrogens with two attached hydrogens (primary N) is 1. The number of carbonyl (C=O) groups is 2. The van der Waals surface area contributed by atoms with Gasteiger partial charge < -0.3 is 14.8 Å². The number of ether oxygens (including phenoxy) is 2. The molecule has 2 amide bonds. The molecule has 2 aromatic rings. The van der Waals surface area contributed by atoms with Gasteiger partial charge in [0, 0.05) is 6.54 Å². The Labute approximate surface area is 200 Å². The zero-order valence-electron chi connectivity index (χ0n) is 19.5. The molecule has 2 aromatic carbocycles. The van der Waals surface area contributed by atoms with Crippen LogP contribution in [-0.2, 0) is 32.5 Å². The average Bonchev–Trinajstić information content (AvgIpc) is 3.06. The topological polar surface area (TPSA) is 128 Å². The van der Waals surface area contributed by atoms with Gasteiger partial charge in [-0.3, -0.25) is 14.5 Å². The molecule has 0 aromatic heterocycles. The van der Waals surface area contributed by atoms with E-state index in [2.05, 4.69) is 5.32 Å². The molecular weight excluding hydrogens is 458 g/mol. The number of nitrogens with zero attached hydrogens (tertiary/aromatic N) is 1. The highest BCUT2D eigenvalue weighted by molar-refractivity contribution is 7.89. The lowest BCUT2D eigenvalue weighted by atomic mass is 10.1. The first-order valence-electron chi connectivity index (χ1n) is 11.3. The highest BCUT2D eigenvalue weighted by Crippen LogP contribution is 2.29. The maximum absolute atomic E-state index is 12.8. The number of carbonyl (C=O) groups excluding carboxylic acids is 2. The molecule has 0 radical (unpaired) electrons. The van der Waals surface area contributed by atoms with Crippen molar-refractivity contribution >= 4 is 21.8 Å². The predicted molar refractivity (Wildman–Crippen MR) is 127 cm³/mol. The molecule has 184 valence electrons. The summed E-state index contributed by atoms with van der Waals surface area (Å²) in [5.74, 6) is 0.893. The molecule has 1 saturated heterocycles. The van der Waals surface area contributed by atoms with Gasteiger partial charge in [0.15, 0.2) is 11.5 Å². The van der Waals surface area contributed by atoms with E-state index in [0.29, 0.717) is 50.6 Å². The second-order valence-corrected chi connectivity index (χ2v) is 9.49. The SMILES string of the molecule is CCOc1ccc(CCN2C(=O)CC(NCCc3ccc(S(N)(=O)=O)cc3)C2=O)cc1OCC. The molecule has 1 fully saturated rings. The van der Waals surface area contributed by atoms with E-state index in [1.807, 2.05) is 32.0 Å². The van der Waals surface area contributed by atoms with Crippen LogP contribution in [0.2, 0.25) is 0 Å². The van der Waals surface area contributed by atoms with Crippen LogP contribution < -0.4 is 19.9 Å². The molecule has 1 aliphatic heterocycles. The normalized spacial score (nSPS) is 16.2. The van der Waals surface area contributed by atoms with Crippen molar-refractivity contribution in [2.24, 2.45) is 5.14 Å². The van der Waals surface area contributed by atoms with Crippen molar-refractivity contribution in [2.75, 3.05) is 26.3 Å². The lowest BCUT2D eigenvalue weighted by molar-refractivity contribution is -0.138. The summed E-state index contributed by atoms with van der Waals surface area (Å²) in [5.41, 5.74) is 1.85. The Morgan fingerprint density at radius 1 is 0.971 bits per heavy atom. The molecule has 1 atom stereocenters. The zero-order valence-corrected chi connectivity index (χ0v) is 20.3. The van der Waals surface area contributed by atoms with Gasteiger partial charge in [0.1, 0.15) is 0 Å². The Morgan fingerprint density at radius 2 is 1.62 bits per heavy atom. The van der Waals surface area contributed by atoms with Crippen LogP contribution >= 0.6 is 0 Å². The first kappa shape index (κ1) is 25.7. The Morgan fingerprint density at radius 3 is 2.26 bits per heavy atom. The minimum atomic E-state index is -3.73. The smallest absolute Gasteiger partial charge is 0.246 e. The quantitative estimate of drug-likeness (QED) is 0.434. The van der Waals surface area contributed by atoms with E-state index in [4.69, 9.17) is 14.6 Å². The fourth-order valence-corrected chi connectivity index (χ4v) is 4.32. The van der Waals surface area contributed by atoms with Gasteiger partial charge in [-0.1, -0.05) is 18.2 Å². The molecule has 0 bridgehead atoms. The van der Waals surface area contributed by atoms with Crippen molar-refractivity contribution in [3.05, 3.63) is 53.6 Å². The lowest BCUT2D eigenvalue weighted by Crippen LogP contribution is -2.40. The molecule has 0 saturated carbocycles. The molecule has 10 heteroatoms. The number of rotatable bonds is 12. The van der Waals surface area contributed by atoms with Gasteiger partial charge in [0.05, 0.1) is 30.6 Å². The van der Waals surface area contributed by atoms with E-state index < -0.39 is 16.1 Å². The van der Waals surface area contributed by atoms with Crippen LogP contribution in [0.1, 0.15) is 31.4 Å². The minimum absolute atomic E-state index is 0.0531. The number of hydrogen-bond donors (Lipinski definition) is 2. The molecule has 3 rings (SSSR count). The first-order valence-corrected chi connectivity index (χ1v) is 12.9. The molecule has 9 nitrogen and oxygen atoms in total. The van der Waals surface area contributed by atoms with Crippen LogP contribution in [0, 0.1) is 0 Å². The minimum Gasteiger partial charge on any atom is -0.490 e. The largest absolute Gasteiger partial charge is 0.490 e. The molecule has 3 N–H and O–H groups in total. The van der Waals surface area contributed by atoms with Crippen LogP contribution in [0.5, 0.6) is 11.5 Å². The maximum atomic E-state index is 12.8. The monoisotopic (exact) mass is 489 g/mol. The second kappa shape index (κ2) is 11.5. The number of nitrogens with one attached hydrogen (secondary N) is 1. The third-order valence-electron chi connectivity index (χ3n) is 5.53. The number of benzene rings is 2. The lowest BCUT2D eigenvalue weighted by Gasteiger charge is -2.17. The van der Waals surface area contributed by atoms with Crippen molar-refractivity contribution < 1.29 is 27.5 Å². The van der Waals surface area contributed by atoms with Crippen molar-refractivity contribution in [2.45, 2.75) is 44.0 Å². The summed E-state index contributed by atoms with van der Waals surface area (Å²) in [6.07, 6.45) is 1.22. The number of hydrogen-bond acceptors (Lipinski definition) is 7. The summed E-state index contributed by atoms with van der Waals surface area (Å²) in [4.78, 5) is 26.6. The van der Waals surface area contributed by atoms with E-state index >= 15 is 0 Å². The summed E-state index contributed by atoms with van der Waals surface area (Å²) in [6.45, 7) is 5.62. The van der Waals surface area contributed by atoms with Crippen molar-refractivity contribution in [1.29, 1.82) is 0 Å². The zero-order chi connectivity index (χ0) is 24.7. The van der Waals surface area contributed by atoms with Gasteiger partial charge in [-0.25, -0.2) is 13.6 Å². The van der Waals surface area contributed by atoms with Crippen LogP contribution in [0.4, 0.5) is 0 Å². The predicted octanol–water partition coefficient (Wildman–Crippen LogP) is 1.63. The standard InChI is InChI=1S/C24H31N3O6S/c1-3-32-21-10-7-18(15-22(21)33-4-2)12-14-27-23(28)16-20(24(27)29)26-13-11-17-5-8-19(9-6-17)34(25,30)31/h5-10,15,20,26H,3-4,11-14,16H2,1-2H3,(H2,25,30,31). The number of sulfonamides is 1. The van der Waals surface area contributed by atoms with Gasteiger partial charge in [0.2, 0.25) is 21.8 Å². The van der Waals surface area contributed by atoms with E-state index in [9.17, 15) is 18.0 Å². The second-order valence-electron chi connectivity index (χ2n) is 7.93. The van der Waals surface area contributed by atoms with Gasteiger partial charge in [-0.15, -0.1) is 0 Å². The molecule has 1 aliphatic rings. The van der Waals surface area contributed by atoms with Crippen LogP contribution in [0.15, 0.2) is 47.4 Å². The third-order valence-corrected chi connectivity index (χ3v) is 6.46. The van der Waals surface area contributed by atoms with Crippen LogP contribution in [-0.4, -0.2) is 57.5 Å². The van der Waals surface area contributed by atoms with Crippen molar-refractivity contribution in [1.82, 2.24) is 10.2 Å². The van der Waals surface area contributed by atoms with Gasteiger partial charge in [-0.2, -0.15) is 0 Å². The first-order chi connectivity index (χ1) is 16.2. The number of amides is 2. The molecule has 34 heavy (non-hydrogen) atoms. The Bertz CT molecular complexity index is 1120. The Kier molecular flexibility index (Phi) is 8.65. The van der Waals surface area contributed by atoms with E-state index in [0.717, 1.165) is 11.1 Å². The van der Waals surface area contributed by atoms with Crippen molar-refractivity contribution in [3.8, 4) is 11.5 Å². The van der Waals surface area contributed by atoms with Crippen LogP contribution in [0.3, 0.4) is 0 Å². The number of imide groups is 1. The summed E-state index contributed by atoms with van der Waals surface area (Å²) in [6, 6.07) is 11.4. The van der Waals surface area contributed by atoms with E-state index in [1.165, 1.54) is 17.0 Å². The fraction of sp³-hybridized carbons (Fsp3) is 0.417. The van der Waals surface area contributed by atoms with E-state index in [1.54, 1.807) is 12.1 Å². The highest BCUT2D eigenvalue weighted by Gasteiger charge is 2.37. The summed E-state index contributed by atoms with van der Waals surface area (Å²) >= 11 is 0. The highest BCUT2D eigenvalue weighted by atomic mass is 32.2. The van der Waals surface area contributed by atoms with Gasteiger partial charge >= 0.3 is 0 Å². The molecule has 0 aliphatic carbocycles. The molecule has 1 unspecified atom stereocenters. The average molecular weight is 490 g/mol. The summed E-state index contributed by atoms with van der Waals surface area (Å²) in [7, 11) is -3.73. The Hall–Kier alpha value is -2.95. The third kappa shape index (κ3) is 6.55. The maximum Gasteiger partial charge on any atom is 0.246 e. The summed E-state index contributed by atoms with van der Waals surface area (Å²) in [5, 5.41) is 8.25. The molecule has 1 heterocycles. The fourth-order valence-electron chi connectivity index (χ4n) is 3.81.